The summed E-state index contributed by atoms with van der Waals surface area (Å²) in [6.45, 7) is 1.14. The molecule has 7 heteroatoms. The molecule has 1 saturated carbocycles. The number of hydrogen-bond acceptors (Lipinski definition) is 5. The third kappa shape index (κ3) is 4.93. The Balaban J connectivity index is 0.000000217. The van der Waals surface area contributed by atoms with Crippen LogP contribution in [0.5, 0.6) is 5.75 Å². The second kappa shape index (κ2) is 8.31. The topological polar surface area (TPSA) is 116 Å². The lowest BCUT2D eigenvalue weighted by atomic mass is 9.71. The van der Waals surface area contributed by atoms with Crippen molar-refractivity contribution < 1.29 is 29.6 Å². The highest BCUT2D eigenvalue weighted by Gasteiger charge is 2.42. The first-order chi connectivity index (χ1) is 11.9. The Hall–Kier alpha value is -2.12. The van der Waals surface area contributed by atoms with Gasteiger partial charge in [-0.3, -0.25) is 4.79 Å². The number of hydrogen-bond donors (Lipinski definition) is 4. The molecule has 3 atom stereocenters. The van der Waals surface area contributed by atoms with Crippen LogP contribution in [0.15, 0.2) is 24.3 Å². The quantitative estimate of drug-likeness (QED) is 0.633. The number of aliphatic hydroxyl groups excluding tert-OH is 1. The van der Waals surface area contributed by atoms with E-state index in [-0.39, 0.29) is 0 Å². The molecule has 3 unspecified atom stereocenters. The SMILES string of the molecule is COc1cccc(C23CCCC(C2)NC3)c1.O=C(O)CC(O)C(=O)O. The monoisotopic (exact) mass is 351 g/mol. The van der Waals surface area contributed by atoms with Gasteiger partial charge in [0.15, 0.2) is 6.10 Å². The zero-order chi connectivity index (χ0) is 18.4. The molecule has 4 N–H and O–H groups in total. The molecule has 2 aliphatic rings. The summed E-state index contributed by atoms with van der Waals surface area (Å²) in [5.41, 5.74) is 1.85. The Morgan fingerprint density at radius 2 is 2.16 bits per heavy atom. The summed E-state index contributed by atoms with van der Waals surface area (Å²) in [5.74, 6) is -1.86. The van der Waals surface area contributed by atoms with Crippen LogP contribution in [0.25, 0.3) is 0 Å². The van der Waals surface area contributed by atoms with Gasteiger partial charge in [0.05, 0.1) is 13.5 Å². The van der Waals surface area contributed by atoms with Crippen molar-refractivity contribution in [3.05, 3.63) is 29.8 Å². The molecule has 1 aliphatic carbocycles. The van der Waals surface area contributed by atoms with E-state index in [0.717, 1.165) is 18.3 Å². The summed E-state index contributed by atoms with van der Waals surface area (Å²) in [6.07, 6.45) is 2.79. The minimum absolute atomic E-state index is 0.386. The van der Waals surface area contributed by atoms with Crippen LogP contribution in [0.1, 0.15) is 37.7 Å². The molecule has 0 spiro atoms. The number of aliphatic carboxylic acids is 2. The minimum Gasteiger partial charge on any atom is -0.497 e. The molecule has 7 nitrogen and oxygen atoms in total. The van der Waals surface area contributed by atoms with Gasteiger partial charge in [0.1, 0.15) is 5.75 Å². The van der Waals surface area contributed by atoms with Gasteiger partial charge in [-0.15, -0.1) is 0 Å². The molecule has 2 bridgehead atoms. The number of carbonyl (C=O) groups is 2. The molecule has 0 aromatic heterocycles. The fourth-order valence-corrected chi connectivity index (χ4v) is 3.61. The lowest BCUT2D eigenvalue weighted by Crippen LogP contribution is -2.29. The standard InChI is InChI=1S/C14H19NO.C4H6O5/c1-16-13-6-2-4-11(8-13)14-7-3-5-12(9-14)15-10-14;5-2(4(8)9)1-3(6)7/h2,4,6,8,12,15H,3,5,7,9-10H2,1H3;2,5H,1H2,(H,6,7)(H,8,9). The molecule has 1 aromatic carbocycles. The van der Waals surface area contributed by atoms with Gasteiger partial charge in [0, 0.05) is 18.0 Å². The summed E-state index contributed by atoms with van der Waals surface area (Å²) in [7, 11) is 1.74. The van der Waals surface area contributed by atoms with Crippen LogP contribution in [-0.4, -0.2) is 53.1 Å². The van der Waals surface area contributed by atoms with Crippen LogP contribution in [0.4, 0.5) is 0 Å². The van der Waals surface area contributed by atoms with E-state index in [1.165, 1.54) is 31.2 Å². The zero-order valence-corrected chi connectivity index (χ0v) is 14.3. The molecule has 1 aliphatic heterocycles. The maximum absolute atomic E-state index is 9.72. The number of carboxylic acids is 2. The van der Waals surface area contributed by atoms with E-state index in [2.05, 4.69) is 23.5 Å². The van der Waals surface area contributed by atoms with Crippen LogP contribution in [-0.2, 0) is 15.0 Å². The Kier molecular flexibility index (Phi) is 6.39. The lowest BCUT2D eigenvalue weighted by Gasteiger charge is -2.32. The fourth-order valence-electron chi connectivity index (χ4n) is 3.61. The first-order valence-corrected chi connectivity index (χ1v) is 8.37. The summed E-state index contributed by atoms with van der Waals surface area (Å²) >= 11 is 0. The van der Waals surface area contributed by atoms with Crippen LogP contribution in [0, 0.1) is 0 Å². The second-order valence-corrected chi connectivity index (χ2v) is 6.64. The normalized spacial score (nSPS) is 25.4. The highest BCUT2D eigenvalue weighted by atomic mass is 16.5. The summed E-state index contributed by atoms with van der Waals surface area (Å²) in [4.78, 5) is 19.4. The van der Waals surface area contributed by atoms with Crippen molar-refractivity contribution in [2.45, 2.75) is 49.7 Å². The van der Waals surface area contributed by atoms with Crippen molar-refractivity contribution in [3.63, 3.8) is 0 Å². The highest BCUT2D eigenvalue weighted by Crippen LogP contribution is 2.43. The molecular formula is C18H25NO6. The molecule has 0 amide bonds. The van der Waals surface area contributed by atoms with Crippen molar-refractivity contribution in [1.29, 1.82) is 0 Å². The predicted molar refractivity (Wildman–Crippen MR) is 90.8 cm³/mol. The maximum atomic E-state index is 9.72. The number of ether oxygens (including phenoxy) is 1. The smallest absolute Gasteiger partial charge is 0.333 e. The Labute approximate surface area is 146 Å². The highest BCUT2D eigenvalue weighted by molar-refractivity contribution is 5.79. The minimum atomic E-state index is -1.79. The van der Waals surface area contributed by atoms with E-state index in [4.69, 9.17) is 20.1 Å². The number of methoxy groups -OCH3 is 1. The fraction of sp³-hybridized carbons (Fsp3) is 0.556. The van der Waals surface area contributed by atoms with Crippen molar-refractivity contribution in [3.8, 4) is 5.75 Å². The van der Waals surface area contributed by atoms with Crippen LogP contribution < -0.4 is 10.1 Å². The molecule has 1 heterocycles. The molecule has 2 fully saturated rings. The van der Waals surface area contributed by atoms with Gasteiger partial charge in [-0.2, -0.15) is 0 Å². The number of carboxylic acid groups (broad SMARTS) is 2. The largest absolute Gasteiger partial charge is 0.497 e. The van der Waals surface area contributed by atoms with Gasteiger partial charge in [-0.25, -0.2) is 4.79 Å². The first-order valence-electron chi connectivity index (χ1n) is 8.37. The number of nitrogens with one attached hydrogen (secondary N) is 1. The lowest BCUT2D eigenvalue weighted by molar-refractivity contribution is -0.152. The zero-order valence-electron chi connectivity index (χ0n) is 14.3. The first kappa shape index (κ1) is 19.2. The third-order valence-corrected chi connectivity index (χ3v) is 4.91. The van der Waals surface area contributed by atoms with E-state index >= 15 is 0 Å². The van der Waals surface area contributed by atoms with Gasteiger partial charge < -0.3 is 25.4 Å². The van der Waals surface area contributed by atoms with Gasteiger partial charge in [0.25, 0.3) is 0 Å². The summed E-state index contributed by atoms with van der Waals surface area (Å²) in [6, 6.07) is 9.38. The van der Waals surface area contributed by atoms with Gasteiger partial charge in [-0.05, 0) is 37.0 Å². The van der Waals surface area contributed by atoms with Crippen LogP contribution in [0.3, 0.4) is 0 Å². The maximum Gasteiger partial charge on any atom is 0.333 e. The number of rotatable bonds is 5. The van der Waals surface area contributed by atoms with Gasteiger partial charge >= 0.3 is 11.9 Å². The molecule has 0 radical (unpaired) electrons. The van der Waals surface area contributed by atoms with Gasteiger partial charge in [0.2, 0.25) is 0 Å². The number of benzene rings is 1. The Morgan fingerprint density at radius 3 is 2.76 bits per heavy atom. The van der Waals surface area contributed by atoms with Crippen LogP contribution >= 0.6 is 0 Å². The van der Waals surface area contributed by atoms with Gasteiger partial charge in [-0.1, -0.05) is 18.6 Å². The van der Waals surface area contributed by atoms with Crippen molar-refractivity contribution in [2.75, 3.05) is 13.7 Å². The van der Waals surface area contributed by atoms with E-state index in [9.17, 15) is 9.59 Å². The third-order valence-electron chi connectivity index (χ3n) is 4.91. The molecular weight excluding hydrogens is 326 g/mol. The predicted octanol–water partition coefficient (Wildman–Crippen LogP) is 1.39. The average Bonchev–Trinajstić information content (AvgIpc) is 2.90. The summed E-state index contributed by atoms with van der Waals surface area (Å²) in [5, 5.41) is 27.8. The number of fused-ring (bicyclic) bond motifs is 2. The molecule has 1 saturated heterocycles. The van der Waals surface area contributed by atoms with Crippen molar-refractivity contribution in [1.82, 2.24) is 5.32 Å². The van der Waals surface area contributed by atoms with Crippen molar-refractivity contribution in [2.24, 2.45) is 0 Å². The molecule has 1 aromatic rings. The van der Waals surface area contributed by atoms with Crippen LogP contribution in [0.2, 0.25) is 0 Å². The van der Waals surface area contributed by atoms with Crippen molar-refractivity contribution >= 4 is 11.9 Å². The second-order valence-electron chi connectivity index (χ2n) is 6.64. The van der Waals surface area contributed by atoms with E-state index in [1.807, 2.05) is 6.07 Å². The molecule has 138 valence electrons. The Morgan fingerprint density at radius 1 is 1.40 bits per heavy atom. The summed E-state index contributed by atoms with van der Waals surface area (Å²) < 4.78 is 5.33. The van der Waals surface area contributed by atoms with E-state index in [1.54, 1.807) is 7.11 Å². The molecule has 3 rings (SSSR count). The van der Waals surface area contributed by atoms with E-state index < -0.39 is 24.5 Å². The van der Waals surface area contributed by atoms with E-state index in [0.29, 0.717) is 5.41 Å². The average molecular weight is 351 g/mol. The number of aliphatic hydroxyl groups is 1. The molecule has 25 heavy (non-hydrogen) atoms. The Bertz CT molecular complexity index is 615.